The second-order valence-corrected chi connectivity index (χ2v) is 8.33. The monoisotopic (exact) mass is 378 g/mol. The zero-order valence-electron chi connectivity index (χ0n) is 17.6. The predicted molar refractivity (Wildman–Crippen MR) is 110 cm³/mol. The van der Waals surface area contributed by atoms with E-state index in [9.17, 15) is 5.11 Å². The van der Waals surface area contributed by atoms with Crippen molar-refractivity contribution < 1.29 is 14.6 Å². The second-order valence-electron chi connectivity index (χ2n) is 8.33. The first-order chi connectivity index (χ1) is 12.9. The van der Waals surface area contributed by atoms with E-state index in [4.69, 9.17) is 9.47 Å². The molecule has 0 aliphatic carbocycles. The molecule has 1 aromatic rings. The van der Waals surface area contributed by atoms with Gasteiger partial charge in [-0.1, -0.05) is 30.3 Å². The highest BCUT2D eigenvalue weighted by atomic mass is 16.5. The third kappa shape index (κ3) is 8.28. The highest BCUT2D eigenvalue weighted by Crippen LogP contribution is 2.23. The van der Waals surface area contributed by atoms with Crippen molar-refractivity contribution in [2.45, 2.75) is 58.5 Å². The van der Waals surface area contributed by atoms with Gasteiger partial charge in [0, 0.05) is 26.2 Å². The smallest absolute Gasteiger partial charge is 0.133 e. The van der Waals surface area contributed by atoms with Crippen molar-refractivity contribution >= 4 is 0 Å². The molecule has 27 heavy (non-hydrogen) atoms. The lowest BCUT2D eigenvalue weighted by molar-refractivity contribution is -0.0847. The second kappa shape index (κ2) is 11.1. The van der Waals surface area contributed by atoms with Crippen molar-refractivity contribution in [1.29, 1.82) is 0 Å². The third-order valence-corrected chi connectivity index (χ3v) is 4.96. The Morgan fingerprint density at radius 3 is 2.52 bits per heavy atom. The minimum absolute atomic E-state index is 0.275. The van der Waals surface area contributed by atoms with Crippen LogP contribution < -0.4 is 0 Å². The predicted octanol–water partition coefficient (Wildman–Crippen LogP) is 3.30. The highest BCUT2D eigenvalue weighted by Gasteiger charge is 2.27. The van der Waals surface area contributed by atoms with Crippen molar-refractivity contribution in [1.82, 2.24) is 9.80 Å². The fourth-order valence-electron chi connectivity index (χ4n) is 3.51. The van der Waals surface area contributed by atoms with Gasteiger partial charge >= 0.3 is 0 Å². The summed E-state index contributed by atoms with van der Waals surface area (Å²) in [6.45, 7) is 14.3. The fraction of sp³-hybridized carbons (Fsp3) is 0.727. The van der Waals surface area contributed by atoms with Crippen molar-refractivity contribution in [3.05, 3.63) is 35.9 Å². The van der Waals surface area contributed by atoms with Crippen molar-refractivity contribution in [3.8, 4) is 0 Å². The molecule has 1 fully saturated rings. The Labute approximate surface area is 165 Å². The van der Waals surface area contributed by atoms with Gasteiger partial charge in [-0.2, -0.15) is 0 Å². The van der Waals surface area contributed by atoms with Gasteiger partial charge in [0.25, 0.3) is 0 Å². The van der Waals surface area contributed by atoms with Gasteiger partial charge in [-0.3, -0.25) is 9.80 Å². The summed E-state index contributed by atoms with van der Waals surface area (Å²) in [4.78, 5) is 4.58. The van der Waals surface area contributed by atoms with E-state index in [1.165, 1.54) is 0 Å². The average Bonchev–Trinajstić information content (AvgIpc) is 2.66. The number of aliphatic hydroxyl groups excluding tert-OH is 1. The van der Waals surface area contributed by atoms with Crippen LogP contribution in [0.2, 0.25) is 0 Å². The molecular formula is C22H38N2O3. The van der Waals surface area contributed by atoms with Crippen LogP contribution >= 0.6 is 0 Å². The molecule has 5 heteroatoms. The molecule has 1 aromatic carbocycles. The summed E-state index contributed by atoms with van der Waals surface area (Å²) in [7, 11) is 0. The molecule has 1 atom stereocenters. The third-order valence-electron chi connectivity index (χ3n) is 4.96. The standard InChI is InChI=1S/C22H38N2O3/c1-19(2)26-16-14-23-12-8-9-13-24(18-22(3,4)27-17-15-23)21(25)20-10-6-5-7-11-20/h5-7,10-11,19,21,25H,8-9,12-18H2,1-4H3. The van der Waals surface area contributed by atoms with Crippen molar-refractivity contribution in [2.24, 2.45) is 0 Å². The number of ether oxygens (including phenoxy) is 2. The molecule has 1 aliphatic rings. The molecule has 0 bridgehead atoms. The van der Waals surface area contributed by atoms with Gasteiger partial charge in [-0.05, 0) is 52.6 Å². The van der Waals surface area contributed by atoms with Crippen LogP contribution in [0.25, 0.3) is 0 Å². The normalized spacial score (nSPS) is 21.7. The van der Waals surface area contributed by atoms with Gasteiger partial charge < -0.3 is 14.6 Å². The number of hydrogen-bond donors (Lipinski definition) is 1. The Morgan fingerprint density at radius 2 is 1.81 bits per heavy atom. The highest BCUT2D eigenvalue weighted by molar-refractivity contribution is 5.17. The van der Waals surface area contributed by atoms with Crippen LogP contribution in [0.1, 0.15) is 52.3 Å². The van der Waals surface area contributed by atoms with Crippen LogP contribution in [0.4, 0.5) is 0 Å². The molecule has 1 unspecified atom stereocenters. The zero-order chi connectivity index (χ0) is 19.7. The van der Waals surface area contributed by atoms with E-state index in [-0.39, 0.29) is 11.7 Å². The Bertz CT molecular complexity index is 522. The van der Waals surface area contributed by atoms with E-state index < -0.39 is 6.23 Å². The van der Waals surface area contributed by atoms with E-state index in [0.717, 1.165) is 51.2 Å². The lowest BCUT2D eigenvalue weighted by Gasteiger charge is -2.35. The van der Waals surface area contributed by atoms with Gasteiger partial charge in [0.15, 0.2) is 0 Å². The van der Waals surface area contributed by atoms with Crippen LogP contribution in [0.5, 0.6) is 0 Å². The van der Waals surface area contributed by atoms with Crippen LogP contribution in [0, 0.1) is 0 Å². The molecule has 1 aliphatic heterocycles. The van der Waals surface area contributed by atoms with Gasteiger partial charge in [0.05, 0.1) is 24.9 Å². The van der Waals surface area contributed by atoms with Crippen LogP contribution in [0.15, 0.2) is 30.3 Å². The molecule has 1 saturated heterocycles. The molecule has 0 radical (unpaired) electrons. The van der Waals surface area contributed by atoms with Crippen LogP contribution in [-0.2, 0) is 9.47 Å². The molecule has 0 saturated carbocycles. The van der Waals surface area contributed by atoms with Gasteiger partial charge in [0.2, 0.25) is 0 Å². The zero-order valence-corrected chi connectivity index (χ0v) is 17.6. The topological polar surface area (TPSA) is 45.2 Å². The molecule has 154 valence electrons. The number of aliphatic hydroxyl groups is 1. The maximum Gasteiger partial charge on any atom is 0.133 e. The largest absolute Gasteiger partial charge is 0.377 e. The lowest BCUT2D eigenvalue weighted by Crippen LogP contribution is -2.43. The quantitative estimate of drug-likeness (QED) is 0.823. The van der Waals surface area contributed by atoms with Crippen molar-refractivity contribution in [2.75, 3.05) is 45.9 Å². The van der Waals surface area contributed by atoms with E-state index in [1.807, 2.05) is 30.3 Å². The average molecular weight is 379 g/mol. The fourth-order valence-corrected chi connectivity index (χ4v) is 3.51. The SMILES string of the molecule is CC(C)OCCN1CCCCN(C(O)c2ccccc2)CC(C)(C)OCC1. The summed E-state index contributed by atoms with van der Waals surface area (Å²) in [5, 5.41) is 10.9. The molecule has 0 aromatic heterocycles. The number of nitrogens with zero attached hydrogens (tertiary/aromatic N) is 2. The Morgan fingerprint density at radius 1 is 1.11 bits per heavy atom. The molecular weight excluding hydrogens is 340 g/mol. The summed E-state index contributed by atoms with van der Waals surface area (Å²) in [5.41, 5.74) is 0.635. The maximum atomic E-state index is 10.9. The molecule has 5 nitrogen and oxygen atoms in total. The number of benzene rings is 1. The van der Waals surface area contributed by atoms with Gasteiger partial charge in [-0.25, -0.2) is 0 Å². The molecule has 1 heterocycles. The molecule has 0 spiro atoms. The summed E-state index contributed by atoms with van der Waals surface area (Å²) >= 11 is 0. The Kier molecular flexibility index (Phi) is 9.19. The summed E-state index contributed by atoms with van der Waals surface area (Å²) in [6.07, 6.45) is 1.85. The molecule has 2 rings (SSSR count). The minimum Gasteiger partial charge on any atom is -0.377 e. The molecule has 1 N–H and O–H groups in total. The number of rotatable bonds is 6. The summed E-state index contributed by atoms with van der Waals surface area (Å²) in [5.74, 6) is 0. The Hall–Kier alpha value is -0.980. The van der Waals surface area contributed by atoms with Crippen molar-refractivity contribution in [3.63, 3.8) is 0 Å². The van der Waals surface area contributed by atoms with E-state index in [2.05, 4.69) is 37.5 Å². The van der Waals surface area contributed by atoms with Crippen LogP contribution in [0.3, 0.4) is 0 Å². The van der Waals surface area contributed by atoms with E-state index in [1.54, 1.807) is 0 Å². The summed E-state index contributed by atoms with van der Waals surface area (Å²) < 4.78 is 11.9. The van der Waals surface area contributed by atoms with Gasteiger partial charge in [-0.15, -0.1) is 0 Å². The minimum atomic E-state index is -0.592. The number of hydrogen-bond acceptors (Lipinski definition) is 5. The molecule has 0 amide bonds. The first-order valence-corrected chi connectivity index (χ1v) is 10.3. The lowest BCUT2D eigenvalue weighted by atomic mass is 10.1. The van der Waals surface area contributed by atoms with Crippen LogP contribution in [-0.4, -0.2) is 72.5 Å². The summed E-state index contributed by atoms with van der Waals surface area (Å²) in [6, 6.07) is 9.90. The van der Waals surface area contributed by atoms with E-state index >= 15 is 0 Å². The first-order valence-electron chi connectivity index (χ1n) is 10.3. The maximum absolute atomic E-state index is 10.9. The Balaban J connectivity index is 1.96. The van der Waals surface area contributed by atoms with E-state index in [0.29, 0.717) is 13.2 Å². The van der Waals surface area contributed by atoms with Gasteiger partial charge in [0.1, 0.15) is 6.23 Å². The first kappa shape index (κ1) is 22.3.